The van der Waals surface area contributed by atoms with E-state index in [1.807, 2.05) is 24.5 Å². The molecule has 0 bridgehead atoms. The van der Waals surface area contributed by atoms with Crippen molar-refractivity contribution in [2.75, 3.05) is 0 Å². The van der Waals surface area contributed by atoms with Crippen LogP contribution in [0, 0.1) is 0 Å². The van der Waals surface area contributed by atoms with E-state index in [1.165, 1.54) is 38.5 Å². The molecule has 4 heteroatoms. The molecular formula is C39H28N4. The van der Waals surface area contributed by atoms with E-state index in [1.54, 1.807) is 0 Å². The smallest absolute Gasteiger partial charge is 0.145 e. The fourth-order valence-electron chi connectivity index (χ4n) is 7.15. The van der Waals surface area contributed by atoms with Crippen molar-refractivity contribution in [2.24, 2.45) is 0 Å². The zero-order chi connectivity index (χ0) is 28.7. The molecular weight excluding hydrogens is 524 g/mol. The fourth-order valence-corrected chi connectivity index (χ4v) is 7.15. The van der Waals surface area contributed by atoms with Crippen LogP contribution in [-0.2, 0) is 5.41 Å². The van der Waals surface area contributed by atoms with Gasteiger partial charge in [-0.3, -0.25) is 9.55 Å². The lowest BCUT2D eigenvalue weighted by Gasteiger charge is -2.21. The molecule has 8 aromatic rings. The number of imidazole rings is 1. The van der Waals surface area contributed by atoms with Crippen molar-refractivity contribution in [1.82, 2.24) is 19.1 Å². The molecule has 5 aromatic carbocycles. The SMILES string of the molecule is CC1(C)c2ccccc2-c2cc3c(cc21)c1cnccc1n3-c1ccc(-c2nc3ccccc3n2-c2ccccc2)cc1. The third-order valence-electron chi connectivity index (χ3n) is 9.23. The molecule has 1 aliphatic carbocycles. The first-order valence-electron chi connectivity index (χ1n) is 14.8. The summed E-state index contributed by atoms with van der Waals surface area (Å²) in [5.41, 5.74) is 13.1. The number of para-hydroxylation sites is 3. The van der Waals surface area contributed by atoms with Gasteiger partial charge in [-0.25, -0.2) is 4.98 Å². The van der Waals surface area contributed by atoms with Crippen molar-refractivity contribution < 1.29 is 0 Å². The maximum atomic E-state index is 5.07. The molecule has 0 fully saturated rings. The maximum absolute atomic E-state index is 5.07. The largest absolute Gasteiger partial charge is 0.309 e. The topological polar surface area (TPSA) is 35.6 Å². The molecule has 0 N–H and O–H groups in total. The molecule has 0 atom stereocenters. The van der Waals surface area contributed by atoms with Crippen molar-refractivity contribution in [3.05, 3.63) is 145 Å². The Labute approximate surface area is 249 Å². The summed E-state index contributed by atoms with van der Waals surface area (Å²) in [5.74, 6) is 0.932. The summed E-state index contributed by atoms with van der Waals surface area (Å²) in [5, 5.41) is 2.40. The normalized spacial score (nSPS) is 13.5. The highest BCUT2D eigenvalue weighted by atomic mass is 15.1. The molecule has 0 amide bonds. The van der Waals surface area contributed by atoms with Crippen molar-refractivity contribution in [3.63, 3.8) is 0 Å². The van der Waals surface area contributed by atoms with Crippen LogP contribution in [0.3, 0.4) is 0 Å². The molecule has 0 spiro atoms. The van der Waals surface area contributed by atoms with Gasteiger partial charge in [0, 0.05) is 45.5 Å². The summed E-state index contributed by atoms with van der Waals surface area (Å²) in [6.07, 6.45) is 3.90. The molecule has 0 radical (unpaired) electrons. The molecule has 0 saturated carbocycles. The van der Waals surface area contributed by atoms with Crippen molar-refractivity contribution in [2.45, 2.75) is 19.3 Å². The van der Waals surface area contributed by atoms with Gasteiger partial charge in [0.2, 0.25) is 0 Å². The van der Waals surface area contributed by atoms with Gasteiger partial charge in [-0.15, -0.1) is 0 Å². The van der Waals surface area contributed by atoms with E-state index in [2.05, 4.69) is 137 Å². The second-order valence-electron chi connectivity index (χ2n) is 12.0. The van der Waals surface area contributed by atoms with E-state index in [0.29, 0.717) is 0 Å². The summed E-state index contributed by atoms with van der Waals surface area (Å²) in [7, 11) is 0. The van der Waals surface area contributed by atoms with Gasteiger partial charge in [0.05, 0.1) is 22.1 Å². The second-order valence-corrected chi connectivity index (χ2v) is 12.0. The van der Waals surface area contributed by atoms with Crippen LogP contribution >= 0.6 is 0 Å². The number of pyridine rings is 1. The highest BCUT2D eigenvalue weighted by Gasteiger charge is 2.36. The lowest BCUT2D eigenvalue weighted by atomic mass is 9.82. The van der Waals surface area contributed by atoms with Crippen LogP contribution in [0.4, 0.5) is 0 Å². The number of aromatic nitrogens is 4. The zero-order valence-electron chi connectivity index (χ0n) is 24.0. The first-order valence-corrected chi connectivity index (χ1v) is 14.8. The summed E-state index contributed by atoms with van der Waals surface area (Å²) in [4.78, 5) is 9.60. The van der Waals surface area contributed by atoms with Gasteiger partial charge in [0.25, 0.3) is 0 Å². The summed E-state index contributed by atoms with van der Waals surface area (Å²) >= 11 is 0. The first-order chi connectivity index (χ1) is 21.1. The Hall–Kier alpha value is -5.48. The van der Waals surface area contributed by atoms with Crippen LogP contribution < -0.4 is 0 Å². The van der Waals surface area contributed by atoms with Gasteiger partial charge in [0.1, 0.15) is 5.82 Å². The maximum Gasteiger partial charge on any atom is 0.145 e. The number of hydrogen-bond acceptors (Lipinski definition) is 2. The number of fused-ring (bicyclic) bond motifs is 7. The lowest BCUT2D eigenvalue weighted by Crippen LogP contribution is -2.14. The minimum absolute atomic E-state index is 0.0530. The van der Waals surface area contributed by atoms with Crippen LogP contribution in [0.2, 0.25) is 0 Å². The van der Waals surface area contributed by atoms with Gasteiger partial charge in [-0.1, -0.05) is 68.4 Å². The molecule has 43 heavy (non-hydrogen) atoms. The van der Waals surface area contributed by atoms with Crippen LogP contribution in [0.5, 0.6) is 0 Å². The Bertz CT molecular complexity index is 2360. The standard InChI is InChI=1S/C39H28N4/c1-39(2)32-13-7-6-12-28(32)29-23-37-30(22-33(29)39)31-24-40-21-20-35(31)42(37)27-18-16-25(17-19-27)38-41-34-14-8-9-15-36(34)43(38)26-10-4-3-5-11-26/h3-24H,1-2H3. The summed E-state index contributed by atoms with van der Waals surface area (Å²) < 4.78 is 4.63. The zero-order valence-corrected chi connectivity index (χ0v) is 24.0. The molecule has 4 nitrogen and oxygen atoms in total. The summed E-state index contributed by atoms with van der Waals surface area (Å²) in [6, 6.07) is 43.4. The third-order valence-corrected chi connectivity index (χ3v) is 9.23. The Balaban J connectivity index is 1.25. The average Bonchev–Trinajstić information content (AvgIpc) is 3.67. The molecule has 0 unspecified atom stereocenters. The Morgan fingerprint density at radius 3 is 2.16 bits per heavy atom. The van der Waals surface area contributed by atoms with Gasteiger partial charge in [-0.2, -0.15) is 0 Å². The van der Waals surface area contributed by atoms with E-state index >= 15 is 0 Å². The number of rotatable bonds is 3. The summed E-state index contributed by atoms with van der Waals surface area (Å²) in [6.45, 7) is 4.67. The Morgan fingerprint density at radius 2 is 1.30 bits per heavy atom. The monoisotopic (exact) mass is 552 g/mol. The fraction of sp³-hybridized carbons (Fsp3) is 0.0769. The predicted molar refractivity (Wildman–Crippen MR) is 176 cm³/mol. The number of benzene rings is 5. The van der Waals surface area contributed by atoms with Crippen LogP contribution in [0.1, 0.15) is 25.0 Å². The Morgan fingerprint density at radius 1 is 0.558 bits per heavy atom. The van der Waals surface area contributed by atoms with Gasteiger partial charge in [-0.05, 0) is 89.0 Å². The minimum atomic E-state index is -0.0530. The van der Waals surface area contributed by atoms with Gasteiger partial charge < -0.3 is 4.57 Å². The first kappa shape index (κ1) is 24.2. The molecule has 9 rings (SSSR count). The molecule has 3 heterocycles. The number of nitrogens with zero attached hydrogens (tertiary/aromatic N) is 4. The van der Waals surface area contributed by atoms with Crippen molar-refractivity contribution in [1.29, 1.82) is 0 Å². The minimum Gasteiger partial charge on any atom is -0.309 e. The molecule has 204 valence electrons. The van der Waals surface area contributed by atoms with E-state index in [4.69, 9.17) is 4.98 Å². The van der Waals surface area contributed by atoms with Crippen LogP contribution in [0.15, 0.2) is 134 Å². The molecule has 0 saturated heterocycles. The van der Waals surface area contributed by atoms with Gasteiger partial charge in [0.15, 0.2) is 0 Å². The van der Waals surface area contributed by atoms with E-state index in [0.717, 1.165) is 39.3 Å². The highest BCUT2D eigenvalue weighted by molar-refractivity contribution is 6.11. The van der Waals surface area contributed by atoms with Crippen molar-refractivity contribution in [3.8, 4) is 33.9 Å². The van der Waals surface area contributed by atoms with Crippen molar-refractivity contribution >= 4 is 32.8 Å². The quantitative estimate of drug-likeness (QED) is 0.219. The third kappa shape index (κ3) is 3.38. The average molecular weight is 553 g/mol. The van der Waals surface area contributed by atoms with E-state index in [9.17, 15) is 0 Å². The lowest BCUT2D eigenvalue weighted by molar-refractivity contribution is 0.661. The molecule has 0 aliphatic heterocycles. The van der Waals surface area contributed by atoms with E-state index in [-0.39, 0.29) is 5.41 Å². The van der Waals surface area contributed by atoms with Crippen LogP contribution in [-0.4, -0.2) is 19.1 Å². The number of hydrogen-bond donors (Lipinski definition) is 0. The van der Waals surface area contributed by atoms with E-state index < -0.39 is 0 Å². The van der Waals surface area contributed by atoms with Gasteiger partial charge >= 0.3 is 0 Å². The molecule has 3 aromatic heterocycles. The molecule has 1 aliphatic rings. The highest BCUT2D eigenvalue weighted by Crippen LogP contribution is 2.50. The predicted octanol–water partition coefficient (Wildman–Crippen LogP) is 9.49. The second kappa shape index (κ2) is 8.76. The Kier molecular flexibility index (Phi) is 4.92. The van der Waals surface area contributed by atoms with Crippen LogP contribution in [0.25, 0.3) is 66.7 Å².